The minimum atomic E-state index is 0.211. The Bertz CT molecular complexity index is 542. The van der Waals surface area contributed by atoms with Gasteiger partial charge in [-0.2, -0.15) is 0 Å². The molecule has 1 aromatic carbocycles. The molecule has 0 radical (unpaired) electrons. The molecule has 0 unspecified atom stereocenters. The molecule has 3 heteroatoms. The van der Waals surface area contributed by atoms with Crippen molar-refractivity contribution in [3.63, 3.8) is 0 Å². The molecule has 0 aliphatic carbocycles. The van der Waals surface area contributed by atoms with Crippen LogP contribution in [0.5, 0.6) is 0 Å². The Morgan fingerprint density at radius 2 is 2.00 bits per heavy atom. The molecule has 0 aliphatic rings. The number of halogens is 1. The van der Waals surface area contributed by atoms with Crippen LogP contribution in [0.25, 0.3) is 5.69 Å². The second-order valence-electron chi connectivity index (χ2n) is 4.51. The Labute approximate surface area is 119 Å². The number of aryl methyl sites for hydroxylation is 1. The molecule has 2 rings (SSSR count). The fourth-order valence-corrected chi connectivity index (χ4v) is 2.27. The van der Waals surface area contributed by atoms with Crippen molar-refractivity contribution in [2.75, 3.05) is 6.61 Å². The van der Waals surface area contributed by atoms with Crippen molar-refractivity contribution in [3.05, 3.63) is 65.5 Å². The van der Waals surface area contributed by atoms with Crippen molar-refractivity contribution in [2.24, 2.45) is 0 Å². The molecule has 2 nitrogen and oxygen atoms in total. The molecular formula is C16H18ClNO. The highest BCUT2D eigenvalue weighted by Crippen LogP contribution is 2.20. The molecule has 0 amide bonds. The molecule has 0 bridgehead atoms. The fourth-order valence-electron chi connectivity index (χ4n) is 2.14. The van der Waals surface area contributed by atoms with E-state index in [-0.39, 0.29) is 6.61 Å². The maximum absolute atomic E-state index is 8.99. The maximum Gasteiger partial charge on any atom is 0.0453 e. The minimum absolute atomic E-state index is 0.211. The molecule has 1 N–H and O–H groups in total. The van der Waals surface area contributed by atoms with Crippen LogP contribution in [-0.4, -0.2) is 16.3 Å². The van der Waals surface area contributed by atoms with Gasteiger partial charge in [-0.25, -0.2) is 0 Å². The normalized spacial score (nSPS) is 10.6. The van der Waals surface area contributed by atoms with Gasteiger partial charge in [0.15, 0.2) is 0 Å². The number of hydrogen-bond donors (Lipinski definition) is 1. The van der Waals surface area contributed by atoms with Crippen molar-refractivity contribution in [2.45, 2.75) is 19.3 Å². The number of hydrogen-bond acceptors (Lipinski definition) is 1. The van der Waals surface area contributed by atoms with Crippen LogP contribution >= 0.6 is 11.6 Å². The molecule has 100 valence electrons. The summed E-state index contributed by atoms with van der Waals surface area (Å²) in [6, 6.07) is 9.96. The summed E-state index contributed by atoms with van der Waals surface area (Å²) < 4.78 is 2.16. The maximum atomic E-state index is 8.99. The molecule has 0 saturated carbocycles. The predicted molar refractivity (Wildman–Crippen MR) is 80.1 cm³/mol. The summed E-state index contributed by atoms with van der Waals surface area (Å²) in [5.74, 6) is 0. The molecule has 0 spiro atoms. The second kappa shape index (κ2) is 6.60. The van der Waals surface area contributed by atoms with E-state index in [0.717, 1.165) is 30.0 Å². The van der Waals surface area contributed by atoms with Crippen molar-refractivity contribution in [3.8, 4) is 5.69 Å². The molecule has 0 fully saturated rings. The van der Waals surface area contributed by atoms with Gasteiger partial charge >= 0.3 is 0 Å². The van der Waals surface area contributed by atoms with E-state index in [1.807, 2.05) is 30.3 Å². The molecular weight excluding hydrogens is 258 g/mol. The Balaban J connectivity index is 2.35. The van der Waals surface area contributed by atoms with Crippen LogP contribution in [0.1, 0.15) is 17.7 Å². The Morgan fingerprint density at radius 1 is 1.26 bits per heavy atom. The van der Waals surface area contributed by atoms with E-state index < -0.39 is 0 Å². The SMILES string of the molecule is C=CCc1cc(CCCO)n(-c2ccc(Cl)cc2)c1. The van der Waals surface area contributed by atoms with Gasteiger partial charge < -0.3 is 9.67 Å². The summed E-state index contributed by atoms with van der Waals surface area (Å²) in [5, 5.41) is 9.73. The van der Waals surface area contributed by atoms with Crippen LogP contribution < -0.4 is 0 Å². The lowest BCUT2D eigenvalue weighted by atomic mass is 10.2. The van der Waals surface area contributed by atoms with Gasteiger partial charge in [0, 0.05) is 29.2 Å². The monoisotopic (exact) mass is 275 g/mol. The number of allylic oxidation sites excluding steroid dienone is 1. The van der Waals surface area contributed by atoms with Gasteiger partial charge in [0.2, 0.25) is 0 Å². The Kier molecular flexibility index (Phi) is 4.83. The first-order valence-corrected chi connectivity index (χ1v) is 6.80. The molecule has 0 aliphatic heterocycles. The van der Waals surface area contributed by atoms with Crippen LogP contribution in [0.4, 0.5) is 0 Å². The molecule has 19 heavy (non-hydrogen) atoms. The van der Waals surface area contributed by atoms with E-state index in [0.29, 0.717) is 0 Å². The van der Waals surface area contributed by atoms with Crippen LogP contribution in [0, 0.1) is 0 Å². The van der Waals surface area contributed by atoms with Crippen molar-refractivity contribution in [1.29, 1.82) is 0 Å². The van der Waals surface area contributed by atoms with Gasteiger partial charge in [0.1, 0.15) is 0 Å². The zero-order chi connectivity index (χ0) is 13.7. The summed E-state index contributed by atoms with van der Waals surface area (Å²) in [6.07, 6.45) is 6.50. The summed E-state index contributed by atoms with van der Waals surface area (Å²) >= 11 is 5.92. The summed E-state index contributed by atoms with van der Waals surface area (Å²) in [7, 11) is 0. The van der Waals surface area contributed by atoms with Crippen LogP contribution in [0.3, 0.4) is 0 Å². The quantitative estimate of drug-likeness (QED) is 0.798. The third kappa shape index (κ3) is 3.49. The number of aliphatic hydroxyl groups is 1. The minimum Gasteiger partial charge on any atom is -0.396 e. The summed E-state index contributed by atoms with van der Waals surface area (Å²) in [6.45, 7) is 3.99. The van der Waals surface area contributed by atoms with Crippen molar-refractivity contribution < 1.29 is 5.11 Å². The Hall–Kier alpha value is -1.51. The van der Waals surface area contributed by atoms with Gasteiger partial charge in [0.25, 0.3) is 0 Å². The largest absolute Gasteiger partial charge is 0.396 e. The zero-order valence-corrected chi connectivity index (χ0v) is 11.6. The van der Waals surface area contributed by atoms with E-state index in [4.69, 9.17) is 16.7 Å². The standard InChI is InChI=1S/C16H18ClNO/c1-2-4-13-11-16(5-3-10-19)18(12-13)15-8-6-14(17)7-9-15/h2,6-9,11-12,19H,1,3-5,10H2. The lowest BCUT2D eigenvalue weighted by Gasteiger charge is -2.08. The third-order valence-corrected chi connectivity index (χ3v) is 3.28. The molecule has 1 heterocycles. The van der Waals surface area contributed by atoms with Gasteiger partial charge in [-0.1, -0.05) is 17.7 Å². The number of nitrogens with zero attached hydrogens (tertiary/aromatic N) is 1. The van der Waals surface area contributed by atoms with E-state index >= 15 is 0 Å². The second-order valence-corrected chi connectivity index (χ2v) is 4.94. The number of aromatic nitrogens is 1. The predicted octanol–water partition coefficient (Wildman–Crippen LogP) is 3.78. The number of benzene rings is 1. The highest BCUT2D eigenvalue weighted by Gasteiger charge is 2.07. The molecule has 2 aromatic rings. The average molecular weight is 276 g/mol. The van der Waals surface area contributed by atoms with E-state index in [1.165, 1.54) is 11.3 Å². The van der Waals surface area contributed by atoms with Gasteiger partial charge in [-0.15, -0.1) is 6.58 Å². The van der Waals surface area contributed by atoms with Gasteiger partial charge in [-0.05, 0) is 55.2 Å². The lowest BCUT2D eigenvalue weighted by molar-refractivity contribution is 0.288. The van der Waals surface area contributed by atoms with Gasteiger partial charge in [-0.3, -0.25) is 0 Å². The first-order valence-electron chi connectivity index (χ1n) is 6.42. The Morgan fingerprint density at radius 3 is 2.63 bits per heavy atom. The van der Waals surface area contributed by atoms with E-state index in [2.05, 4.69) is 23.4 Å². The summed E-state index contributed by atoms with van der Waals surface area (Å²) in [4.78, 5) is 0. The van der Waals surface area contributed by atoms with Crippen LogP contribution in [0.15, 0.2) is 49.2 Å². The smallest absolute Gasteiger partial charge is 0.0453 e. The van der Waals surface area contributed by atoms with Crippen molar-refractivity contribution in [1.82, 2.24) is 4.57 Å². The molecule has 0 atom stereocenters. The third-order valence-electron chi connectivity index (χ3n) is 3.03. The highest BCUT2D eigenvalue weighted by molar-refractivity contribution is 6.30. The average Bonchev–Trinajstić information content (AvgIpc) is 2.81. The first kappa shape index (κ1) is 13.9. The van der Waals surface area contributed by atoms with Crippen LogP contribution in [0.2, 0.25) is 5.02 Å². The van der Waals surface area contributed by atoms with Gasteiger partial charge in [0.05, 0.1) is 0 Å². The van der Waals surface area contributed by atoms with Crippen molar-refractivity contribution >= 4 is 11.6 Å². The lowest BCUT2D eigenvalue weighted by Crippen LogP contribution is -1.99. The number of rotatable bonds is 6. The highest BCUT2D eigenvalue weighted by atomic mass is 35.5. The number of aliphatic hydroxyl groups excluding tert-OH is 1. The topological polar surface area (TPSA) is 25.2 Å². The van der Waals surface area contributed by atoms with E-state index in [9.17, 15) is 0 Å². The zero-order valence-electron chi connectivity index (χ0n) is 10.8. The van der Waals surface area contributed by atoms with Crippen LogP contribution in [-0.2, 0) is 12.8 Å². The van der Waals surface area contributed by atoms with E-state index in [1.54, 1.807) is 0 Å². The first-order chi connectivity index (χ1) is 9.24. The molecule has 0 saturated heterocycles. The summed E-state index contributed by atoms with van der Waals surface area (Å²) in [5.41, 5.74) is 3.53. The molecule has 1 aromatic heterocycles. The fraction of sp³-hybridized carbons (Fsp3) is 0.250.